The van der Waals surface area contributed by atoms with Gasteiger partial charge < -0.3 is 9.84 Å². The van der Waals surface area contributed by atoms with Crippen LogP contribution in [0.2, 0.25) is 0 Å². The minimum absolute atomic E-state index is 0.170. The molecule has 100 valence electrons. The first-order chi connectivity index (χ1) is 8.05. The van der Waals surface area contributed by atoms with Crippen LogP contribution in [0.3, 0.4) is 0 Å². The van der Waals surface area contributed by atoms with Crippen LogP contribution in [0, 0.1) is 3.57 Å². The number of aromatic hydroxyl groups is 1. The molecular weight excluding hydrogens is 389 g/mol. The van der Waals surface area contributed by atoms with E-state index in [9.17, 15) is 22.0 Å². The fraction of sp³-hybridized carbons (Fsp3) is 0.125. The Morgan fingerprint density at radius 1 is 1.39 bits per heavy atom. The molecule has 18 heavy (non-hydrogen) atoms. The van der Waals surface area contributed by atoms with Gasteiger partial charge in [0.25, 0.3) is 0 Å². The normalized spacial score (nSPS) is 12.2. The Bertz CT molecular complexity index is 585. The average molecular weight is 394 g/mol. The molecule has 0 saturated heterocycles. The molecule has 0 saturated carbocycles. The van der Waals surface area contributed by atoms with E-state index in [1.165, 1.54) is 0 Å². The van der Waals surface area contributed by atoms with Crippen molar-refractivity contribution >= 4 is 38.7 Å². The number of carbonyl (C=O) groups excluding carboxylic acids is 1. The second-order valence-corrected chi connectivity index (χ2v) is 5.62. The summed E-state index contributed by atoms with van der Waals surface area (Å²) in [6, 6.07) is 3.08. The highest BCUT2D eigenvalue weighted by Crippen LogP contribution is 2.27. The van der Waals surface area contributed by atoms with Gasteiger partial charge in [-0.05, 0) is 40.8 Å². The summed E-state index contributed by atoms with van der Waals surface area (Å²) >= 11 is 1.64. The van der Waals surface area contributed by atoms with Gasteiger partial charge in [0, 0.05) is 0 Å². The van der Waals surface area contributed by atoms with Gasteiger partial charge in [0.1, 0.15) is 11.5 Å². The Hall–Kier alpha value is -1.01. The highest BCUT2D eigenvalue weighted by Gasteiger charge is 2.54. The molecule has 0 bridgehead atoms. The summed E-state index contributed by atoms with van der Waals surface area (Å²) in [4.78, 5) is 10.9. The fourth-order valence-corrected chi connectivity index (χ4v) is 1.56. The van der Waals surface area contributed by atoms with E-state index in [0.717, 1.165) is 18.2 Å². The van der Waals surface area contributed by atoms with Crippen LogP contribution in [0.5, 0.6) is 11.5 Å². The lowest BCUT2D eigenvalue weighted by Gasteiger charge is -2.11. The molecular formula is C8H5F2IO6S. The summed E-state index contributed by atoms with van der Waals surface area (Å²) in [7, 11) is -5.90. The van der Waals surface area contributed by atoms with Crippen molar-refractivity contribution in [2.24, 2.45) is 0 Å². The Morgan fingerprint density at radius 2 is 1.94 bits per heavy atom. The third-order valence-electron chi connectivity index (χ3n) is 1.69. The van der Waals surface area contributed by atoms with Crippen LogP contribution in [0.1, 0.15) is 0 Å². The van der Waals surface area contributed by atoms with Gasteiger partial charge in [-0.1, -0.05) is 0 Å². The Balaban J connectivity index is 2.99. The molecule has 1 aromatic carbocycles. The van der Waals surface area contributed by atoms with Crippen molar-refractivity contribution in [3.63, 3.8) is 0 Å². The first-order valence-corrected chi connectivity index (χ1v) is 6.63. The summed E-state index contributed by atoms with van der Waals surface area (Å²) in [5.74, 6) is -3.01. The molecule has 1 rings (SSSR count). The highest BCUT2D eigenvalue weighted by molar-refractivity contribution is 14.1. The van der Waals surface area contributed by atoms with Gasteiger partial charge in [0.2, 0.25) is 0 Å². The van der Waals surface area contributed by atoms with Gasteiger partial charge in [-0.3, -0.25) is 4.55 Å². The van der Waals surface area contributed by atoms with Crippen molar-refractivity contribution in [2.45, 2.75) is 5.25 Å². The monoisotopic (exact) mass is 394 g/mol. The van der Waals surface area contributed by atoms with Crippen LogP contribution in [0.15, 0.2) is 18.2 Å². The largest absolute Gasteiger partial charge is 0.507 e. The number of carbonyl (C=O) groups is 1. The molecule has 10 heteroatoms. The molecule has 0 amide bonds. The van der Waals surface area contributed by atoms with Crippen LogP contribution in [-0.4, -0.2) is 29.3 Å². The van der Waals surface area contributed by atoms with E-state index in [4.69, 9.17) is 9.66 Å². The van der Waals surface area contributed by atoms with E-state index in [1.807, 2.05) is 0 Å². The number of rotatable bonds is 3. The SMILES string of the molecule is O=C(Oc1ccc(O)c(I)c1)C(F)(F)S(=O)(=O)O. The van der Waals surface area contributed by atoms with Gasteiger partial charge >= 0.3 is 21.3 Å². The van der Waals surface area contributed by atoms with E-state index < -0.39 is 27.1 Å². The Morgan fingerprint density at radius 3 is 2.39 bits per heavy atom. The molecule has 2 N–H and O–H groups in total. The van der Waals surface area contributed by atoms with Crippen molar-refractivity contribution in [2.75, 3.05) is 0 Å². The predicted molar refractivity (Wildman–Crippen MR) is 63.0 cm³/mol. The average Bonchev–Trinajstić information content (AvgIpc) is 2.21. The molecule has 1 aromatic rings. The summed E-state index contributed by atoms with van der Waals surface area (Å²) in [6.07, 6.45) is 0. The molecule has 0 fully saturated rings. The zero-order valence-corrected chi connectivity index (χ0v) is 11.3. The molecule has 0 unspecified atom stereocenters. The van der Waals surface area contributed by atoms with E-state index in [2.05, 4.69) is 4.74 Å². The highest BCUT2D eigenvalue weighted by atomic mass is 127. The number of benzene rings is 1. The van der Waals surface area contributed by atoms with Crippen molar-refractivity contribution in [1.82, 2.24) is 0 Å². The number of hydrogen-bond acceptors (Lipinski definition) is 5. The Labute approximate surface area is 113 Å². The maximum atomic E-state index is 12.8. The van der Waals surface area contributed by atoms with Gasteiger partial charge in [-0.15, -0.1) is 0 Å². The molecule has 0 radical (unpaired) electrons. The number of phenolic OH excluding ortho intramolecular Hbond substituents is 1. The van der Waals surface area contributed by atoms with Crippen molar-refractivity contribution in [1.29, 1.82) is 0 Å². The van der Waals surface area contributed by atoms with Gasteiger partial charge in [-0.25, -0.2) is 4.79 Å². The molecule has 0 heterocycles. The van der Waals surface area contributed by atoms with Crippen molar-refractivity contribution < 1.29 is 36.4 Å². The lowest BCUT2D eigenvalue weighted by atomic mass is 10.3. The second kappa shape index (κ2) is 4.93. The van der Waals surface area contributed by atoms with Gasteiger partial charge in [0.05, 0.1) is 3.57 Å². The Kier molecular flexibility index (Phi) is 4.12. The third kappa shape index (κ3) is 3.05. The van der Waals surface area contributed by atoms with Crippen LogP contribution in [0.25, 0.3) is 0 Å². The summed E-state index contributed by atoms with van der Waals surface area (Å²) in [6.45, 7) is 0. The van der Waals surface area contributed by atoms with Crippen molar-refractivity contribution in [3.8, 4) is 11.5 Å². The van der Waals surface area contributed by atoms with Crippen LogP contribution < -0.4 is 4.74 Å². The van der Waals surface area contributed by atoms with E-state index in [0.29, 0.717) is 0 Å². The maximum Gasteiger partial charge on any atom is 0.466 e. The van der Waals surface area contributed by atoms with E-state index >= 15 is 0 Å². The van der Waals surface area contributed by atoms with E-state index in [-0.39, 0.29) is 9.32 Å². The quantitative estimate of drug-likeness (QED) is 0.348. The van der Waals surface area contributed by atoms with Gasteiger partial charge in [-0.2, -0.15) is 17.2 Å². The summed E-state index contributed by atoms with van der Waals surface area (Å²) < 4.78 is 58.7. The third-order valence-corrected chi connectivity index (χ3v) is 3.37. The lowest BCUT2D eigenvalue weighted by molar-refractivity contribution is -0.151. The molecule has 6 nitrogen and oxygen atoms in total. The zero-order chi connectivity index (χ0) is 14.1. The molecule has 0 aliphatic heterocycles. The fourth-order valence-electron chi connectivity index (χ4n) is 0.823. The number of alkyl halides is 2. The molecule has 0 aromatic heterocycles. The molecule has 0 aliphatic rings. The molecule has 0 aliphatic carbocycles. The standard InChI is InChI=1S/C8H5F2IO6S/c9-8(10,18(14,15)16)7(13)17-4-1-2-6(12)5(11)3-4/h1-3,12H,(H,14,15,16). The number of ether oxygens (including phenoxy) is 1. The zero-order valence-electron chi connectivity index (χ0n) is 8.30. The predicted octanol–water partition coefficient (Wildman–Crippen LogP) is 1.38. The minimum Gasteiger partial charge on any atom is -0.507 e. The lowest BCUT2D eigenvalue weighted by Crippen LogP contribution is -2.40. The van der Waals surface area contributed by atoms with Crippen molar-refractivity contribution in [3.05, 3.63) is 21.8 Å². The number of hydrogen-bond donors (Lipinski definition) is 2. The van der Waals surface area contributed by atoms with Crippen LogP contribution in [0.4, 0.5) is 8.78 Å². The number of halogens is 3. The summed E-state index contributed by atoms with van der Waals surface area (Å²) in [5.41, 5.74) is 0. The maximum absolute atomic E-state index is 12.8. The summed E-state index contributed by atoms with van der Waals surface area (Å²) in [5, 5.41) is 4.08. The number of esters is 1. The number of phenols is 1. The second-order valence-electron chi connectivity index (χ2n) is 2.99. The van der Waals surface area contributed by atoms with Crippen LogP contribution >= 0.6 is 22.6 Å². The first-order valence-electron chi connectivity index (χ1n) is 4.11. The molecule has 0 atom stereocenters. The van der Waals surface area contributed by atoms with Gasteiger partial charge in [0.15, 0.2) is 0 Å². The van der Waals surface area contributed by atoms with Crippen LogP contribution in [-0.2, 0) is 14.9 Å². The first kappa shape index (κ1) is 15.0. The molecule has 0 spiro atoms. The topological polar surface area (TPSA) is 101 Å². The minimum atomic E-state index is -5.90. The smallest absolute Gasteiger partial charge is 0.466 e. The van der Waals surface area contributed by atoms with E-state index in [1.54, 1.807) is 22.6 Å².